The first-order valence-corrected chi connectivity index (χ1v) is 11.3. The van der Waals surface area contributed by atoms with Crippen molar-refractivity contribution in [1.29, 1.82) is 0 Å². The number of urea groups is 1. The summed E-state index contributed by atoms with van der Waals surface area (Å²) in [4.78, 5) is 34.7. The minimum atomic E-state index is -0.402. The molecule has 0 saturated carbocycles. The summed E-state index contributed by atoms with van der Waals surface area (Å²) in [7, 11) is 1.80. The van der Waals surface area contributed by atoms with Gasteiger partial charge in [-0.3, -0.25) is 19.9 Å². The largest absolute Gasteiger partial charge is 0.343 e. The molecule has 7 heteroatoms. The first-order chi connectivity index (χ1) is 15.4. The molecule has 1 N–H and O–H groups in total. The number of anilines is 1. The highest BCUT2D eigenvalue weighted by molar-refractivity contribution is 6.00. The zero-order valence-electron chi connectivity index (χ0n) is 19.2. The fourth-order valence-electron chi connectivity index (χ4n) is 5.39. The third-order valence-corrected chi connectivity index (χ3v) is 7.10. The molecule has 7 nitrogen and oxygen atoms in total. The number of aryl methyl sites for hydroxylation is 2. The molecule has 168 valence electrons. The summed E-state index contributed by atoms with van der Waals surface area (Å²) in [6, 6.07) is 15.6. The molecule has 4 unspecified atom stereocenters. The molecule has 3 amide bonds. The summed E-state index contributed by atoms with van der Waals surface area (Å²) in [5.41, 5.74) is 4.45. The van der Waals surface area contributed by atoms with E-state index in [0.29, 0.717) is 12.5 Å². The molecule has 2 aromatic rings. The number of carbonyl (C=O) groups excluding carboxylic acids is 2. The third kappa shape index (κ3) is 3.27. The lowest BCUT2D eigenvalue weighted by atomic mass is 10.0. The van der Waals surface area contributed by atoms with Crippen LogP contribution < -0.4 is 10.2 Å². The molecule has 3 heterocycles. The Kier molecular flexibility index (Phi) is 5.18. The maximum Gasteiger partial charge on any atom is 0.328 e. The highest BCUT2D eigenvalue weighted by Gasteiger charge is 2.56. The molecule has 0 bridgehead atoms. The van der Waals surface area contributed by atoms with Crippen molar-refractivity contribution in [2.45, 2.75) is 45.8 Å². The quantitative estimate of drug-likeness (QED) is 0.807. The highest BCUT2D eigenvalue weighted by atomic mass is 16.2. The van der Waals surface area contributed by atoms with Gasteiger partial charge in [0.15, 0.2) is 0 Å². The van der Waals surface area contributed by atoms with Gasteiger partial charge in [-0.1, -0.05) is 49.4 Å². The molecule has 32 heavy (non-hydrogen) atoms. The van der Waals surface area contributed by atoms with Crippen LogP contribution in [0.5, 0.6) is 0 Å². The number of carbonyl (C=O) groups is 2. The smallest absolute Gasteiger partial charge is 0.328 e. The minimum Gasteiger partial charge on any atom is -0.343 e. The van der Waals surface area contributed by atoms with Gasteiger partial charge in [0.25, 0.3) is 5.91 Å². The second kappa shape index (κ2) is 7.90. The van der Waals surface area contributed by atoms with Gasteiger partial charge in [0.1, 0.15) is 18.5 Å². The van der Waals surface area contributed by atoms with Crippen molar-refractivity contribution in [3.63, 3.8) is 0 Å². The van der Waals surface area contributed by atoms with Gasteiger partial charge >= 0.3 is 6.03 Å². The topological polar surface area (TPSA) is 59.1 Å². The van der Waals surface area contributed by atoms with E-state index in [1.807, 2.05) is 37.3 Å². The standard InChI is InChI=1S/C25H31N5O2/c1-16-13-28(20-12-8-6-10-18(20)3)24-26-22-21(29(24)14-16)23(31)30(25(32)27(22)4)15-19-11-7-5-9-17(19)2/h5-12,16,21-22,24,26H,13-15H2,1-4H3. The average molecular weight is 434 g/mol. The van der Waals surface area contributed by atoms with E-state index in [2.05, 4.69) is 47.2 Å². The second-order valence-corrected chi connectivity index (χ2v) is 9.42. The predicted molar refractivity (Wildman–Crippen MR) is 124 cm³/mol. The van der Waals surface area contributed by atoms with Crippen molar-refractivity contribution in [2.24, 2.45) is 5.92 Å². The van der Waals surface area contributed by atoms with E-state index in [4.69, 9.17) is 0 Å². The Morgan fingerprint density at radius 3 is 2.38 bits per heavy atom. The molecular weight excluding hydrogens is 402 g/mol. The summed E-state index contributed by atoms with van der Waals surface area (Å²) >= 11 is 0. The lowest BCUT2D eigenvalue weighted by Gasteiger charge is -2.46. The molecule has 0 spiro atoms. The SMILES string of the molecule is Cc1ccccc1CN1C(=O)C2C(NC3N(c4ccccc4C)CC(C)CN23)N(C)C1=O. The van der Waals surface area contributed by atoms with Crippen LogP contribution in [0.4, 0.5) is 10.5 Å². The van der Waals surface area contributed by atoms with Crippen molar-refractivity contribution >= 4 is 17.6 Å². The summed E-state index contributed by atoms with van der Waals surface area (Å²) in [6.07, 6.45) is -0.468. The minimum absolute atomic E-state index is 0.116. The van der Waals surface area contributed by atoms with Crippen LogP contribution in [0.3, 0.4) is 0 Å². The average Bonchev–Trinajstić information content (AvgIpc) is 3.16. The number of hydrogen-bond donors (Lipinski definition) is 1. The number of fused-ring (bicyclic) bond motifs is 3. The van der Waals surface area contributed by atoms with Crippen molar-refractivity contribution in [2.75, 3.05) is 25.0 Å². The summed E-state index contributed by atoms with van der Waals surface area (Å²) in [5.74, 6) is 0.280. The number of rotatable bonds is 3. The monoisotopic (exact) mass is 433 g/mol. The molecule has 3 aliphatic rings. The third-order valence-electron chi connectivity index (χ3n) is 7.10. The van der Waals surface area contributed by atoms with E-state index in [9.17, 15) is 9.59 Å². The number of amides is 3. The Morgan fingerprint density at radius 1 is 0.969 bits per heavy atom. The summed E-state index contributed by atoms with van der Waals surface area (Å²) in [6.45, 7) is 8.37. The van der Waals surface area contributed by atoms with Crippen LogP contribution in [0, 0.1) is 19.8 Å². The van der Waals surface area contributed by atoms with E-state index in [-0.39, 0.29) is 24.4 Å². The van der Waals surface area contributed by atoms with Crippen molar-refractivity contribution in [3.8, 4) is 0 Å². The Morgan fingerprint density at radius 2 is 1.66 bits per heavy atom. The van der Waals surface area contributed by atoms with E-state index < -0.39 is 6.04 Å². The molecule has 2 aromatic carbocycles. The van der Waals surface area contributed by atoms with E-state index in [0.717, 1.165) is 24.2 Å². The van der Waals surface area contributed by atoms with Crippen molar-refractivity contribution in [1.82, 2.24) is 20.0 Å². The van der Waals surface area contributed by atoms with Crippen LogP contribution in [0.25, 0.3) is 0 Å². The Bertz CT molecular complexity index is 1060. The second-order valence-electron chi connectivity index (χ2n) is 9.42. The first kappa shape index (κ1) is 21.0. The van der Waals surface area contributed by atoms with Crippen LogP contribution in [0.1, 0.15) is 23.6 Å². The fraction of sp³-hybridized carbons (Fsp3) is 0.440. The molecule has 0 aromatic heterocycles. The number of para-hydroxylation sites is 1. The summed E-state index contributed by atoms with van der Waals surface area (Å²) in [5, 5.41) is 3.61. The van der Waals surface area contributed by atoms with Crippen LogP contribution in [0.2, 0.25) is 0 Å². The fourth-order valence-corrected chi connectivity index (χ4v) is 5.39. The molecule has 3 aliphatic heterocycles. The zero-order valence-corrected chi connectivity index (χ0v) is 19.2. The molecule has 3 saturated heterocycles. The number of likely N-dealkylation sites (N-methyl/N-ethyl adjacent to an activating group) is 1. The van der Waals surface area contributed by atoms with E-state index in [1.54, 1.807) is 11.9 Å². The van der Waals surface area contributed by atoms with E-state index in [1.165, 1.54) is 16.2 Å². The van der Waals surface area contributed by atoms with Crippen molar-refractivity contribution < 1.29 is 9.59 Å². The maximum atomic E-state index is 13.7. The molecule has 5 rings (SSSR count). The number of nitrogens with zero attached hydrogens (tertiary/aromatic N) is 4. The van der Waals surface area contributed by atoms with Gasteiger partial charge < -0.3 is 9.80 Å². The molecule has 3 fully saturated rings. The Hall–Kier alpha value is -2.90. The van der Waals surface area contributed by atoms with Gasteiger partial charge in [0, 0.05) is 25.8 Å². The summed E-state index contributed by atoms with van der Waals surface area (Å²) < 4.78 is 0. The normalized spacial score (nSPS) is 28.2. The first-order valence-electron chi connectivity index (χ1n) is 11.3. The zero-order chi connectivity index (χ0) is 22.6. The van der Waals surface area contributed by atoms with Crippen molar-refractivity contribution in [3.05, 3.63) is 65.2 Å². The molecular formula is C25H31N5O2. The van der Waals surface area contributed by atoms with Crippen LogP contribution >= 0.6 is 0 Å². The van der Waals surface area contributed by atoms with Gasteiger partial charge in [0.2, 0.25) is 0 Å². The number of benzene rings is 2. The Balaban J connectivity index is 1.48. The van der Waals surface area contributed by atoms with Gasteiger partial charge in [-0.15, -0.1) is 0 Å². The molecule has 4 atom stereocenters. The Labute approximate surface area is 189 Å². The number of hydrogen-bond acceptors (Lipinski definition) is 5. The predicted octanol–water partition coefficient (Wildman–Crippen LogP) is 2.74. The molecule has 0 aliphatic carbocycles. The van der Waals surface area contributed by atoms with E-state index >= 15 is 0 Å². The van der Waals surface area contributed by atoms with Crippen LogP contribution in [-0.4, -0.2) is 65.3 Å². The van der Waals surface area contributed by atoms with Crippen LogP contribution in [-0.2, 0) is 11.3 Å². The lowest BCUT2D eigenvalue weighted by Crippen LogP contribution is -2.66. The van der Waals surface area contributed by atoms with Gasteiger partial charge in [-0.2, -0.15) is 0 Å². The molecule has 0 radical (unpaired) electrons. The van der Waals surface area contributed by atoms with Gasteiger partial charge in [-0.25, -0.2) is 4.79 Å². The number of nitrogens with one attached hydrogen (secondary N) is 1. The van der Waals surface area contributed by atoms with Gasteiger partial charge in [0.05, 0.1) is 6.54 Å². The van der Waals surface area contributed by atoms with Gasteiger partial charge in [-0.05, 0) is 42.5 Å². The lowest BCUT2D eigenvalue weighted by molar-refractivity contribution is -0.139. The number of imide groups is 1. The highest BCUT2D eigenvalue weighted by Crippen LogP contribution is 2.35. The van der Waals surface area contributed by atoms with Crippen LogP contribution in [0.15, 0.2) is 48.5 Å². The maximum absolute atomic E-state index is 13.7.